The Labute approximate surface area is 187 Å². The number of nitrogens with two attached hydrogens (primary N) is 1. The predicted molar refractivity (Wildman–Crippen MR) is 127 cm³/mol. The zero-order valence-electron chi connectivity index (χ0n) is 17.7. The Bertz CT molecular complexity index is 1010. The van der Waals surface area contributed by atoms with E-state index in [1.807, 2.05) is 43.3 Å². The van der Waals surface area contributed by atoms with Gasteiger partial charge in [0.1, 0.15) is 6.10 Å². The quantitative estimate of drug-likeness (QED) is 0.292. The molecule has 1 fully saturated rings. The summed E-state index contributed by atoms with van der Waals surface area (Å²) in [5, 5.41) is 6.65. The monoisotopic (exact) mass is 438 g/mol. The minimum Gasteiger partial charge on any atom is -0.471 e. The summed E-state index contributed by atoms with van der Waals surface area (Å²) in [6.45, 7) is 1.97. The Morgan fingerprint density at radius 1 is 1.19 bits per heavy atom. The van der Waals surface area contributed by atoms with Gasteiger partial charge in [0.2, 0.25) is 6.41 Å². The predicted octanol–water partition coefficient (Wildman–Crippen LogP) is 5.00. The van der Waals surface area contributed by atoms with Gasteiger partial charge in [-0.25, -0.2) is 0 Å². The molecule has 4 N–H and O–H groups in total. The summed E-state index contributed by atoms with van der Waals surface area (Å²) in [4.78, 5) is 14.8. The van der Waals surface area contributed by atoms with Crippen molar-refractivity contribution in [3.8, 4) is 0 Å². The molecule has 0 saturated heterocycles. The normalized spacial score (nSPS) is 15.0. The van der Waals surface area contributed by atoms with Gasteiger partial charge < -0.3 is 21.1 Å². The molecule has 1 unspecified atom stereocenters. The molecule has 6 nitrogen and oxygen atoms in total. The molecule has 2 aromatic carbocycles. The highest BCUT2D eigenvalue weighted by molar-refractivity contribution is 6.31. The number of benzene rings is 2. The lowest BCUT2D eigenvalue weighted by atomic mass is 9.92. The standard InChI is InChI=1S/C24H27ClN4O2/c1-16(20-8-3-4-9-21(20)25)31-24(18-6-5-7-18)29-22(14-27-2)23(26)17-10-12-19(13-11-17)28-15-30/h3-4,8-16,29H,5-7,26H2,1-2H3,(H,28,30)/b23-22+,27-14?. The number of rotatable bonds is 9. The largest absolute Gasteiger partial charge is 0.471 e. The summed E-state index contributed by atoms with van der Waals surface area (Å²) >= 11 is 6.36. The second-order valence-corrected chi connectivity index (χ2v) is 7.65. The Morgan fingerprint density at radius 3 is 2.48 bits per heavy atom. The van der Waals surface area contributed by atoms with Crippen molar-refractivity contribution >= 4 is 35.6 Å². The van der Waals surface area contributed by atoms with Crippen LogP contribution in [0, 0.1) is 0 Å². The second-order valence-electron chi connectivity index (χ2n) is 7.25. The van der Waals surface area contributed by atoms with Crippen LogP contribution >= 0.6 is 11.6 Å². The van der Waals surface area contributed by atoms with Crippen LogP contribution in [0.3, 0.4) is 0 Å². The van der Waals surface area contributed by atoms with Crippen molar-refractivity contribution in [2.24, 2.45) is 10.7 Å². The van der Waals surface area contributed by atoms with Gasteiger partial charge in [0.15, 0.2) is 5.88 Å². The zero-order chi connectivity index (χ0) is 22.2. The van der Waals surface area contributed by atoms with E-state index in [1.165, 1.54) is 5.57 Å². The highest BCUT2D eigenvalue weighted by Crippen LogP contribution is 2.33. The number of anilines is 1. The SMILES string of the molecule is CN=C/C(NC(OC(C)c1ccccc1Cl)=C1CCC1)=C(\N)c1ccc(NC=O)cc1. The van der Waals surface area contributed by atoms with Crippen molar-refractivity contribution < 1.29 is 9.53 Å². The maximum absolute atomic E-state index is 10.6. The Kier molecular flexibility index (Phi) is 7.73. The van der Waals surface area contributed by atoms with E-state index in [2.05, 4.69) is 15.6 Å². The minimum atomic E-state index is -0.237. The Hall–Kier alpha value is -3.25. The highest BCUT2D eigenvalue weighted by atomic mass is 35.5. The van der Waals surface area contributed by atoms with E-state index in [9.17, 15) is 4.79 Å². The van der Waals surface area contributed by atoms with Crippen molar-refractivity contribution in [1.29, 1.82) is 0 Å². The van der Waals surface area contributed by atoms with Crippen LogP contribution in [0.1, 0.15) is 43.4 Å². The first-order valence-corrected chi connectivity index (χ1v) is 10.5. The fourth-order valence-corrected chi connectivity index (χ4v) is 3.51. The van der Waals surface area contributed by atoms with Crippen molar-refractivity contribution in [3.63, 3.8) is 0 Å². The van der Waals surface area contributed by atoms with Crippen LogP contribution in [0.5, 0.6) is 0 Å². The van der Waals surface area contributed by atoms with Crippen LogP contribution in [-0.4, -0.2) is 19.7 Å². The molecule has 1 saturated carbocycles. The lowest BCUT2D eigenvalue weighted by Crippen LogP contribution is -2.24. The highest BCUT2D eigenvalue weighted by Gasteiger charge is 2.21. The first kappa shape index (κ1) is 22.4. The molecular formula is C24H27ClN4O2. The fraction of sp³-hybridized carbons (Fsp3) is 0.250. The molecule has 7 heteroatoms. The molecule has 0 bridgehead atoms. The number of aliphatic imine (C=N–C) groups is 1. The summed E-state index contributed by atoms with van der Waals surface area (Å²) in [5.41, 5.74) is 11.2. The van der Waals surface area contributed by atoms with Gasteiger partial charge in [0.05, 0.1) is 11.4 Å². The van der Waals surface area contributed by atoms with E-state index in [0.29, 0.717) is 34.4 Å². The number of carbonyl (C=O) groups excluding carboxylic acids is 1. The third-order valence-corrected chi connectivity index (χ3v) is 5.48. The van der Waals surface area contributed by atoms with Crippen LogP contribution in [0.15, 0.2) is 70.7 Å². The van der Waals surface area contributed by atoms with Crippen molar-refractivity contribution in [2.75, 3.05) is 12.4 Å². The summed E-state index contributed by atoms with van der Waals surface area (Å²) in [6, 6.07) is 14.9. The maximum atomic E-state index is 10.6. The topological polar surface area (TPSA) is 88.7 Å². The van der Waals surface area contributed by atoms with Gasteiger partial charge in [0, 0.05) is 29.5 Å². The van der Waals surface area contributed by atoms with E-state index < -0.39 is 0 Å². The second kappa shape index (κ2) is 10.7. The van der Waals surface area contributed by atoms with Gasteiger partial charge in [-0.15, -0.1) is 0 Å². The number of halogens is 1. The van der Waals surface area contributed by atoms with Crippen molar-refractivity contribution in [2.45, 2.75) is 32.3 Å². The number of hydrogen-bond donors (Lipinski definition) is 3. The first-order valence-electron chi connectivity index (χ1n) is 10.2. The van der Waals surface area contributed by atoms with Crippen molar-refractivity contribution in [3.05, 3.63) is 81.8 Å². The third-order valence-electron chi connectivity index (χ3n) is 5.13. The lowest BCUT2D eigenvalue weighted by molar-refractivity contribution is -0.105. The molecule has 0 heterocycles. The number of allylic oxidation sites excluding steroid dienone is 2. The van der Waals surface area contributed by atoms with Gasteiger partial charge in [0.25, 0.3) is 0 Å². The Morgan fingerprint density at radius 2 is 1.90 bits per heavy atom. The van der Waals surface area contributed by atoms with Crippen LogP contribution < -0.4 is 16.4 Å². The summed E-state index contributed by atoms with van der Waals surface area (Å²) in [5.74, 6) is 0.691. The van der Waals surface area contributed by atoms with Gasteiger partial charge in [-0.2, -0.15) is 0 Å². The molecule has 0 radical (unpaired) electrons. The molecule has 0 aliphatic heterocycles. The van der Waals surface area contributed by atoms with E-state index >= 15 is 0 Å². The average molecular weight is 439 g/mol. The number of ether oxygens (including phenoxy) is 1. The summed E-state index contributed by atoms with van der Waals surface area (Å²) in [7, 11) is 1.69. The van der Waals surface area contributed by atoms with Gasteiger partial charge in [-0.1, -0.05) is 41.9 Å². The number of nitrogens with zero attached hydrogens (tertiary/aromatic N) is 1. The molecule has 2 aromatic rings. The van der Waals surface area contributed by atoms with Gasteiger partial charge >= 0.3 is 0 Å². The van der Waals surface area contributed by atoms with Crippen LogP contribution in [0.2, 0.25) is 5.02 Å². The third kappa shape index (κ3) is 5.67. The van der Waals surface area contributed by atoms with E-state index in [1.54, 1.807) is 25.4 Å². The fourth-order valence-electron chi connectivity index (χ4n) is 3.22. The van der Waals surface area contributed by atoms with Gasteiger partial charge in [-0.05, 0) is 55.5 Å². The zero-order valence-corrected chi connectivity index (χ0v) is 18.4. The molecule has 0 aromatic heterocycles. The van der Waals surface area contributed by atoms with Crippen LogP contribution in [0.25, 0.3) is 5.70 Å². The summed E-state index contributed by atoms with van der Waals surface area (Å²) < 4.78 is 6.32. The molecule has 31 heavy (non-hydrogen) atoms. The molecule has 1 atom stereocenters. The first-order chi connectivity index (χ1) is 15.0. The Balaban J connectivity index is 1.88. The number of nitrogens with one attached hydrogen (secondary N) is 2. The van der Waals surface area contributed by atoms with Gasteiger partial charge in [-0.3, -0.25) is 9.79 Å². The lowest BCUT2D eigenvalue weighted by Gasteiger charge is -2.27. The maximum Gasteiger partial charge on any atom is 0.211 e. The molecule has 1 aliphatic carbocycles. The number of carbonyl (C=O) groups is 1. The number of hydrogen-bond acceptors (Lipinski definition) is 5. The van der Waals surface area contributed by atoms with Crippen LogP contribution in [0.4, 0.5) is 5.69 Å². The van der Waals surface area contributed by atoms with E-state index in [-0.39, 0.29) is 6.10 Å². The van der Waals surface area contributed by atoms with E-state index in [4.69, 9.17) is 22.1 Å². The van der Waals surface area contributed by atoms with E-state index in [0.717, 1.165) is 30.4 Å². The molecule has 1 amide bonds. The minimum absolute atomic E-state index is 0.237. The summed E-state index contributed by atoms with van der Waals surface area (Å²) in [6.07, 6.45) is 5.15. The average Bonchev–Trinajstić information content (AvgIpc) is 2.72. The van der Waals surface area contributed by atoms with Crippen LogP contribution in [-0.2, 0) is 9.53 Å². The van der Waals surface area contributed by atoms with Crippen molar-refractivity contribution in [1.82, 2.24) is 5.32 Å². The molecule has 3 rings (SSSR count). The molecule has 0 spiro atoms. The molecule has 162 valence electrons. The smallest absolute Gasteiger partial charge is 0.211 e. The molecule has 1 aliphatic rings. The molecular weight excluding hydrogens is 412 g/mol. The number of amides is 1.